The standard InChI is InChI=1S/C29H25F2NO3/c1-34-29(33)27-25(30)14-13-23(28(27)31)24-15-20(35-26-12-5-4-11-22(24)26)17-32-16-19-9-6-8-18-7-2-3-10-21(18)19/h2-14,20,24,32H,15-17H2,1H3. The monoisotopic (exact) mass is 473 g/mol. The molecule has 4 aromatic carbocycles. The summed E-state index contributed by atoms with van der Waals surface area (Å²) in [6.45, 7) is 1.20. The molecule has 0 fully saturated rings. The lowest BCUT2D eigenvalue weighted by molar-refractivity contribution is 0.0589. The fraction of sp³-hybridized carbons (Fsp3) is 0.207. The Kier molecular flexibility index (Phi) is 6.47. The van der Waals surface area contributed by atoms with Crippen molar-refractivity contribution in [3.8, 4) is 5.75 Å². The van der Waals surface area contributed by atoms with Crippen molar-refractivity contribution in [1.82, 2.24) is 5.32 Å². The number of rotatable bonds is 6. The molecule has 1 aliphatic rings. The van der Waals surface area contributed by atoms with E-state index in [9.17, 15) is 9.18 Å². The molecule has 0 radical (unpaired) electrons. The predicted octanol–water partition coefficient (Wildman–Crippen LogP) is 5.98. The van der Waals surface area contributed by atoms with Gasteiger partial charge in [-0.1, -0.05) is 66.7 Å². The van der Waals surface area contributed by atoms with Crippen LogP contribution in [0.1, 0.15) is 39.4 Å². The number of halogens is 2. The van der Waals surface area contributed by atoms with E-state index in [0.29, 0.717) is 25.3 Å². The van der Waals surface area contributed by atoms with E-state index in [1.165, 1.54) is 22.4 Å². The van der Waals surface area contributed by atoms with Crippen molar-refractivity contribution in [2.45, 2.75) is 25.0 Å². The van der Waals surface area contributed by atoms with Crippen LogP contribution in [0.25, 0.3) is 10.8 Å². The summed E-state index contributed by atoms with van der Waals surface area (Å²) >= 11 is 0. The SMILES string of the molecule is COC(=O)c1c(F)ccc(C2CC(CNCc3cccc4ccccc34)Oc3ccccc32)c1F. The molecule has 4 nitrogen and oxygen atoms in total. The number of hydrogen-bond acceptors (Lipinski definition) is 4. The van der Waals surface area contributed by atoms with E-state index in [0.717, 1.165) is 18.7 Å². The minimum atomic E-state index is -1.03. The van der Waals surface area contributed by atoms with Gasteiger partial charge in [0.05, 0.1) is 7.11 Å². The van der Waals surface area contributed by atoms with Crippen LogP contribution in [0.3, 0.4) is 0 Å². The molecule has 0 saturated heterocycles. The van der Waals surface area contributed by atoms with Gasteiger partial charge in [0.1, 0.15) is 29.1 Å². The third-order valence-corrected chi connectivity index (χ3v) is 6.54. The molecule has 6 heteroatoms. The van der Waals surface area contributed by atoms with Crippen LogP contribution in [0.2, 0.25) is 0 Å². The molecule has 35 heavy (non-hydrogen) atoms. The fourth-order valence-corrected chi connectivity index (χ4v) is 4.85. The number of esters is 1. The first kappa shape index (κ1) is 23.0. The summed E-state index contributed by atoms with van der Waals surface area (Å²) < 4.78 is 40.5. The van der Waals surface area contributed by atoms with Crippen LogP contribution in [0.5, 0.6) is 5.75 Å². The number of benzene rings is 4. The molecule has 0 spiro atoms. The van der Waals surface area contributed by atoms with Crippen LogP contribution in [0, 0.1) is 11.6 Å². The average molecular weight is 474 g/mol. The maximum Gasteiger partial charge on any atom is 0.343 e. The fourth-order valence-electron chi connectivity index (χ4n) is 4.85. The van der Waals surface area contributed by atoms with Crippen molar-refractivity contribution in [1.29, 1.82) is 0 Å². The number of carbonyl (C=O) groups is 1. The molecule has 2 unspecified atom stereocenters. The van der Waals surface area contributed by atoms with Crippen molar-refractivity contribution < 1.29 is 23.0 Å². The van der Waals surface area contributed by atoms with Gasteiger partial charge in [0.25, 0.3) is 0 Å². The number of carbonyl (C=O) groups excluding carboxylic acids is 1. The van der Waals surface area contributed by atoms with Gasteiger partial charge >= 0.3 is 5.97 Å². The van der Waals surface area contributed by atoms with Crippen LogP contribution in [-0.4, -0.2) is 25.7 Å². The number of nitrogens with one attached hydrogen (secondary N) is 1. The molecule has 2 atom stereocenters. The van der Waals surface area contributed by atoms with E-state index >= 15 is 4.39 Å². The van der Waals surface area contributed by atoms with Crippen molar-refractivity contribution in [3.63, 3.8) is 0 Å². The molecule has 1 heterocycles. The highest BCUT2D eigenvalue weighted by atomic mass is 19.1. The van der Waals surface area contributed by atoms with E-state index in [-0.39, 0.29) is 11.7 Å². The maximum atomic E-state index is 15.4. The van der Waals surface area contributed by atoms with Crippen LogP contribution in [0.15, 0.2) is 78.9 Å². The lowest BCUT2D eigenvalue weighted by Crippen LogP contribution is -2.36. The predicted molar refractivity (Wildman–Crippen MR) is 131 cm³/mol. The molecule has 1 N–H and O–H groups in total. The molecule has 0 bridgehead atoms. The Morgan fingerprint density at radius 2 is 1.74 bits per heavy atom. The van der Waals surface area contributed by atoms with Gasteiger partial charge in [0, 0.05) is 24.6 Å². The quantitative estimate of drug-likeness (QED) is 0.350. The maximum absolute atomic E-state index is 15.4. The van der Waals surface area contributed by atoms with E-state index in [2.05, 4.69) is 34.3 Å². The number of hydrogen-bond donors (Lipinski definition) is 1. The molecule has 5 rings (SSSR count). The highest BCUT2D eigenvalue weighted by molar-refractivity contribution is 5.90. The van der Waals surface area contributed by atoms with Gasteiger partial charge in [-0.2, -0.15) is 0 Å². The second-order valence-electron chi connectivity index (χ2n) is 8.65. The van der Waals surface area contributed by atoms with E-state index in [1.54, 1.807) is 0 Å². The van der Waals surface area contributed by atoms with Gasteiger partial charge in [-0.15, -0.1) is 0 Å². The van der Waals surface area contributed by atoms with Crippen LogP contribution >= 0.6 is 0 Å². The van der Waals surface area contributed by atoms with Crippen molar-refractivity contribution in [3.05, 3.63) is 113 Å². The van der Waals surface area contributed by atoms with Crippen molar-refractivity contribution in [2.75, 3.05) is 13.7 Å². The van der Waals surface area contributed by atoms with Crippen LogP contribution in [0.4, 0.5) is 8.78 Å². The highest BCUT2D eigenvalue weighted by Gasteiger charge is 2.33. The van der Waals surface area contributed by atoms with Crippen LogP contribution in [-0.2, 0) is 11.3 Å². The molecule has 0 amide bonds. The Hall–Kier alpha value is -3.77. The zero-order valence-corrected chi connectivity index (χ0v) is 19.3. The van der Waals surface area contributed by atoms with Crippen molar-refractivity contribution >= 4 is 16.7 Å². The Morgan fingerprint density at radius 1 is 0.971 bits per heavy atom. The number of ether oxygens (including phenoxy) is 2. The van der Waals surface area contributed by atoms with Gasteiger partial charge < -0.3 is 14.8 Å². The molecule has 0 saturated carbocycles. The van der Waals surface area contributed by atoms with Crippen LogP contribution < -0.4 is 10.1 Å². The topological polar surface area (TPSA) is 47.6 Å². The van der Waals surface area contributed by atoms with Gasteiger partial charge in [-0.25, -0.2) is 13.6 Å². The number of fused-ring (bicyclic) bond motifs is 2. The van der Waals surface area contributed by atoms with Gasteiger partial charge in [-0.3, -0.25) is 0 Å². The molecular weight excluding hydrogens is 448 g/mol. The largest absolute Gasteiger partial charge is 0.489 e. The first-order valence-corrected chi connectivity index (χ1v) is 11.6. The van der Waals surface area contributed by atoms with Crippen molar-refractivity contribution in [2.24, 2.45) is 0 Å². The summed E-state index contributed by atoms with van der Waals surface area (Å²) in [4.78, 5) is 12.0. The second kappa shape index (κ2) is 9.84. The first-order chi connectivity index (χ1) is 17.1. The highest BCUT2D eigenvalue weighted by Crippen LogP contribution is 2.41. The smallest absolute Gasteiger partial charge is 0.343 e. The summed E-state index contributed by atoms with van der Waals surface area (Å²) in [7, 11) is 1.11. The number of para-hydroxylation sites is 1. The molecule has 0 aliphatic carbocycles. The van der Waals surface area contributed by atoms with E-state index < -0.39 is 29.1 Å². The molecular formula is C29H25F2NO3. The molecule has 4 aromatic rings. The third kappa shape index (κ3) is 4.49. The minimum absolute atomic E-state index is 0.240. The molecule has 178 valence electrons. The average Bonchev–Trinajstić information content (AvgIpc) is 2.88. The lowest BCUT2D eigenvalue weighted by atomic mass is 9.83. The normalized spacial score (nSPS) is 17.0. The Balaban J connectivity index is 1.39. The third-order valence-electron chi connectivity index (χ3n) is 6.54. The second-order valence-corrected chi connectivity index (χ2v) is 8.65. The zero-order valence-electron chi connectivity index (χ0n) is 19.3. The lowest BCUT2D eigenvalue weighted by Gasteiger charge is -2.33. The summed E-state index contributed by atoms with van der Waals surface area (Å²) in [5.41, 5.74) is 1.57. The van der Waals surface area contributed by atoms with E-state index in [1.807, 2.05) is 42.5 Å². The Bertz CT molecular complexity index is 1380. The number of methoxy groups -OCH3 is 1. The molecule has 0 aromatic heterocycles. The van der Waals surface area contributed by atoms with Gasteiger partial charge in [-0.05, 0) is 40.5 Å². The minimum Gasteiger partial charge on any atom is -0.489 e. The molecule has 1 aliphatic heterocycles. The summed E-state index contributed by atoms with van der Waals surface area (Å²) in [5, 5.41) is 5.85. The summed E-state index contributed by atoms with van der Waals surface area (Å²) in [6.07, 6.45) is 0.235. The Morgan fingerprint density at radius 3 is 2.60 bits per heavy atom. The first-order valence-electron chi connectivity index (χ1n) is 11.6. The zero-order chi connectivity index (χ0) is 24.4. The van der Waals surface area contributed by atoms with Gasteiger partial charge in [0.15, 0.2) is 0 Å². The van der Waals surface area contributed by atoms with E-state index in [4.69, 9.17) is 4.74 Å². The summed E-state index contributed by atoms with van der Waals surface area (Å²) in [6, 6.07) is 24.4. The summed E-state index contributed by atoms with van der Waals surface area (Å²) in [5.74, 6) is -2.60. The van der Waals surface area contributed by atoms with Gasteiger partial charge in [0.2, 0.25) is 0 Å². The Labute approximate surface area is 202 Å².